The summed E-state index contributed by atoms with van der Waals surface area (Å²) in [5, 5.41) is 0.322. The largest absolute Gasteiger partial charge is 0.333 e. The molecule has 7 heteroatoms. The van der Waals surface area contributed by atoms with Crippen LogP contribution in [0.2, 0.25) is 9.49 Å². The average Bonchev–Trinajstić information content (AvgIpc) is 2.59. The predicted octanol–water partition coefficient (Wildman–Crippen LogP) is 4.15. The minimum absolute atomic E-state index is 0.0433. The highest BCUT2D eigenvalue weighted by Gasteiger charge is 2.19. The molecule has 1 aliphatic rings. The molecule has 1 fully saturated rings. The van der Waals surface area contributed by atoms with E-state index in [4.69, 9.17) is 23.2 Å². The van der Waals surface area contributed by atoms with Crippen molar-refractivity contribution in [1.82, 2.24) is 9.88 Å². The summed E-state index contributed by atoms with van der Waals surface area (Å²) < 4.78 is 1.06. The zero-order chi connectivity index (χ0) is 11.5. The summed E-state index contributed by atoms with van der Waals surface area (Å²) >= 11 is 13.9. The smallest absolute Gasteiger partial charge is 0.288 e. The van der Waals surface area contributed by atoms with Gasteiger partial charge < -0.3 is 4.90 Å². The third kappa shape index (κ3) is 3.03. The molecule has 16 heavy (non-hydrogen) atoms. The Morgan fingerprint density at radius 1 is 1.31 bits per heavy atom. The van der Waals surface area contributed by atoms with Gasteiger partial charge in [-0.3, -0.25) is 4.79 Å². The van der Waals surface area contributed by atoms with Gasteiger partial charge >= 0.3 is 0 Å². The lowest BCUT2D eigenvalue weighted by Crippen LogP contribution is -2.32. The Morgan fingerprint density at radius 3 is 2.56 bits per heavy atom. The quantitative estimate of drug-likeness (QED) is 0.730. The summed E-state index contributed by atoms with van der Waals surface area (Å²) in [7, 11) is 0. The molecule has 0 aliphatic carbocycles. The standard InChI is InChI=1S/C9H10Cl2N2OS2/c10-6-7(11)15-8(12-6)16-9(14)13-4-2-1-3-5-13/h1-5H2. The predicted molar refractivity (Wildman–Crippen MR) is 68.8 cm³/mol. The molecule has 1 aliphatic heterocycles. The molecule has 0 spiro atoms. The van der Waals surface area contributed by atoms with Gasteiger partial charge in [0.1, 0.15) is 4.34 Å². The molecule has 0 N–H and O–H groups in total. The van der Waals surface area contributed by atoms with Gasteiger partial charge in [0, 0.05) is 24.9 Å². The maximum Gasteiger partial charge on any atom is 0.288 e. The van der Waals surface area contributed by atoms with Crippen molar-refractivity contribution in [2.75, 3.05) is 13.1 Å². The van der Waals surface area contributed by atoms with E-state index >= 15 is 0 Å². The van der Waals surface area contributed by atoms with Gasteiger partial charge in [0.15, 0.2) is 9.49 Å². The Balaban J connectivity index is 1.95. The van der Waals surface area contributed by atoms with Crippen molar-refractivity contribution in [3.8, 4) is 0 Å². The van der Waals surface area contributed by atoms with Gasteiger partial charge in [-0.05, 0) is 19.3 Å². The van der Waals surface area contributed by atoms with Gasteiger partial charge in [0.25, 0.3) is 5.24 Å². The highest BCUT2D eigenvalue weighted by atomic mass is 35.5. The summed E-state index contributed by atoms with van der Waals surface area (Å²) in [6, 6.07) is 0. The number of rotatable bonds is 1. The van der Waals surface area contributed by atoms with E-state index in [0.717, 1.165) is 37.7 Å². The van der Waals surface area contributed by atoms with E-state index in [1.54, 1.807) is 0 Å². The van der Waals surface area contributed by atoms with E-state index in [-0.39, 0.29) is 10.4 Å². The number of carbonyl (C=O) groups is 1. The fourth-order valence-electron chi connectivity index (χ4n) is 1.53. The second kappa shape index (κ2) is 5.58. The fourth-order valence-corrected chi connectivity index (χ4v) is 3.87. The fraction of sp³-hybridized carbons (Fsp3) is 0.556. The van der Waals surface area contributed by atoms with Gasteiger partial charge in [0.05, 0.1) is 0 Å². The number of likely N-dealkylation sites (tertiary alicyclic amines) is 1. The molecule has 0 atom stereocenters. The lowest BCUT2D eigenvalue weighted by atomic mass is 10.1. The highest BCUT2D eigenvalue weighted by Crippen LogP contribution is 2.35. The second-order valence-electron chi connectivity index (χ2n) is 3.46. The van der Waals surface area contributed by atoms with Crippen LogP contribution in [0.4, 0.5) is 4.79 Å². The monoisotopic (exact) mass is 296 g/mol. The average molecular weight is 297 g/mol. The molecule has 0 unspecified atom stereocenters. The molecule has 2 heterocycles. The number of nitrogens with zero attached hydrogens (tertiary/aromatic N) is 2. The van der Waals surface area contributed by atoms with Crippen molar-refractivity contribution in [1.29, 1.82) is 0 Å². The molecule has 1 saturated heterocycles. The normalized spacial score (nSPS) is 16.5. The number of carbonyl (C=O) groups excluding carboxylic acids is 1. The third-order valence-electron chi connectivity index (χ3n) is 2.32. The van der Waals surface area contributed by atoms with E-state index in [0.29, 0.717) is 8.68 Å². The Labute approximate surface area is 112 Å². The van der Waals surface area contributed by atoms with E-state index in [9.17, 15) is 4.79 Å². The second-order valence-corrected chi connectivity index (χ2v) is 6.62. The van der Waals surface area contributed by atoms with Crippen LogP contribution in [0, 0.1) is 0 Å². The Bertz CT molecular complexity index is 371. The van der Waals surface area contributed by atoms with Crippen molar-refractivity contribution in [2.24, 2.45) is 0 Å². The molecule has 2 rings (SSSR count). The molecule has 1 aromatic heterocycles. The van der Waals surface area contributed by atoms with E-state index in [1.165, 1.54) is 17.8 Å². The molecule has 0 radical (unpaired) electrons. The summed E-state index contributed by atoms with van der Waals surface area (Å²) in [6.45, 7) is 1.69. The number of amides is 1. The number of hydrogen-bond donors (Lipinski definition) is 0. The van der Waals surface area contributed by atoms with Crippen LogP contribution in [-0.2, 0) is 0 Å². The topological polar surface area (TPSA) is 33.2 Å². The molecule has 88 valence electrons. The summed E-state index contributed by atoms with van der Waals surface area (Å²) in [6.07, 6.45) is 3.39. The van der Waals surface area contributed by atoms with Crippen LogP contribution in [0.5, 0.6) is 0 Å². The van der Waals surface area contributed by atoms with Crippen molar-refractivity contribution in [3.05, 3.63) is 9.49 Å². The first-order valence-electron chi connectivity index (χ1n) is 4.95. The van der Waals surface area contributed by atoms with Gasteiger partial charge in [0.2, 0.25) is 0 Å². The van der Waals surface area contributed by atoms with Crippen LogP contribution in [0.1, 0.15) is 19.3 Å². The van der Waals surface area contributed by atoms with E-state index in [2.05, 4.69) is 4.98 Å². The van der Waals surface area contributed by atoms with Crippen LogP contribution in [0.15, 0.2) is 4.34 Å². The zero-order valence-corrected chi connectivity index (χ0v) is 11.6. The Kier molecular flexibility index (Phi) is 4.35. The van der Waals surface area contributed by atoms with Crippen molar-refractivity contribution in [2.45, 2.75) is 23.6 Å². The van der Waals surface area contributed by atoms with Gasteiger partial charge in [-0.2, -0.15) is 0 Å². The lowest BCUT2D eigenvalue weighted by Gasteiger charge is -2.25. The van der Waals surface area contributed by atoms with Crippen LogP contribution in [0.25, 0.3) is 0 Å². The first-order chi connectivity index (χ1) is 7.66. The molecule has 0 saturated carbocycles. The maximum absolute atomic E-state index is 11.9. The van der Waals surface area contributed by atoms with Crippen LogP contribution >= 0.6 is 46.3 Å². The van der Waals surface area contributed by atoms with Crippen molar-refractivity contribution in [3.63, 3.8) is 0 Å². The molecule has 1 amide bonds. The van der Waals surface area contributed by atoms with Gasteiger partial charge in [-0.15, -0.1) is 0 Å². The number of hydrogen-bond acceptors (Lipinski definition) is 4. The minimum atomic E-state index is 0.0433. The van der Waals surface area contributed by atoms with Crippen molar-refractivity contribution >= 4 is 51.5 Å². The van der Waals surface area contributed by atoms with E-state index in [1.807, 2.05) is 4.90 Å². The Morgan fingerprint density at radius 2 is 2.00 bits per heavy atom. The highest BCUT2D eigenvalue weighted by molar-refractivity contribution is 8.14. The van der Waals surface area contributed by atoms with Crippen LogP contribution < -0.4 is 0 Å². The van der Waals surface area contributed by atoms with E-state index < -0.39 is 0 Å². The van der Waals surface area contributed by atoms with Gasteiger partial charge in [-0.1, -0.05) is 34.5 Å². The van der Waals surface area contributed by atoms with Crippen molar-refractivity contribution < 1.29 is 4.79 Å². The molecular weight excluding hydrogens is 287 g/mol. The molecule has 3 nitrogen and oxygen atoms in total. The number of piperidine rings is 1. The first-order valence-corrected chi connectivity index (χ1v) is 7.34. The molecule has 0 bridgehead atoms. The molecular formula is C9H10Cl2N2OS2. The minimum Gasteiger partial charge on any atom is -0.333 e. The van der Waals surface area contributed by atoms with Crippen LogP contribution in [0.3, 0.4) is 0 Å². The maximum atomic E-state index is 11.9. The number of thioether (sulfide) groups is 1. The summed E-state index contributed by atoms with van der Waals surface area (Å²) in [5.41, 5.74) is 0. The molecule has 1 aromatic rings. The number of halogens is 2. The van der Waals surface area contributed by atoms with Gasteiger partial charge in [-0.25, -0.2) is 4.98 Å². The lowest BCUT2D eigenvalue weighted by molar-refractivity contribution is 0.211. The summed E-state index contributed by atoms with van der Waals surface area (Å²) in [5.74, 6) is 0. The zero-order valence-electron chi connectivity index (χ0n) is 8.41. The Hall–Kier alpha value is 0.0300. The number of aromatic nitrogens is 1. The van der Waals surface area contributed by atoms with Crippen LogP contribution in [-0.4, -0.2) is 28.2 Å². The third-order valence-corrected chi connectivity index (χ3v) is 5.05. The number of thiazole rings is 1. The summed E-state index contributed by atoms with van der Waals surface area (Å²) in [4.78, 5) is 17.7. The molecule has 0 aromatic carbocycles. The first kappa shape index (κ1) is 12.5. The SMILES string of the molecule is O=C(Sc1nc(Cl)c(Cl)s1)N1CCCCC1.